The largest absolute Gasteiger partial charge is 0.366 e. The smallest absolute Gasteiger partial charge is 0.128 e. The van der Waals surface area contributed by atoms with Gasteiger partial charge in [-0.1, -0.05) is 13.8 Å². The van der Waals surface area contributed by atoms with Crippen LogP contribution in [0.4, 0.5) is 11.6 Å². The number of aryl methyl sites for hydroxylation is 2. The van der Waals surface area contributed by atoms with Gasteiger partial charge in [0.05, 0.1) is 18.0 Å². The molecule has 0 aromatic carbocycles. The number of aromatic nitrogens is 4. The van der Waals surface area contributed by atoms with Crippen LogP contribution in [0, 0.1) is 5.92 Å². The minimum Gasteiger partial charge on any atom is -0.366 e. The van der Waals surface area contributed by atoms with Crippen molar-refractivity contribution in [3.05, 3.63) is 42.0 Å². The highest BCUT2D eigenvalue weighted by atomic mass is 15.2. The van der Waals surface area contributed by atoms with Crippen LogP contribution in [0.15, 0.2) is 30.9 Å². The van der Waals surface area contributed by atoms with Crippen molar-refractivity contribution >= 4 is 22.7 Å². The Morgan fingerprint density at radius 3 is 2.81 bits per heavy atom. The van der Waals surface area contributed by atoms with Crippen LogP contribution >= 0.6 is 0 Å². The first kappa shape index (κ1) is 16.8. The number of nitrogens with one attached hydrogen (secondary N) is 1. The number of imidazole rings is 1. The number of nitrogens with zero attached hydrogens (tertiary/aromatic N) is 5. The topological polar surface area (TPSA) is 58.9 Å². The Bertz CT molecular complexity index is 916. The normalized spacial score (nSPS) is 17.2. The van der Waals surface area contributed by atoms with Gasteiger partial charge in [0.2, 0.25) is 0 Å². The molecule has 136 valence electrons. The molecule has 6 nitrogen and oxygen atoms in total. The fraction of sp³-hybridized carbons (Fsp3) is 0.450. The summed E-state index contributed by atoms with van der Waals surface area (Å²) in [6.07, 6.45) is 7.91. The molecular formula is C20H26N6. The molecule has 26 heavy (non-hydrogen) atoms. The molecule has 0 spiro atoms. The lowest BCUT2D eigenvalue weighted by atomic mass is 10.1. The monoisotopic (exact) mass is 350 g/mol. The molecular weight excluding hydrogens is 324 g/mol. The zero-order chi connectivity index (χ0) is 18.1. The van der Waals surface area contributed by atoms with Crippen molar-refractivity contribution in [3.8, 4) is 0 Å². The van der Waals surface area contributed by atoms with Crippen LogP contribution in [-0.2, 0) is 20.0 Å². The number of rotatable bonds is 5. The van der Waals surface area contributed by atoms with Crippen molar-refractivity contribution in [2.24, 2.45) is 13.0 Å². The molecule has 3 aromatic rings. The molecule has 1 aliphatic heterocycles. The second-order valence-corrected chi connectivity index (χ2v) is 7.27. The minimum atomic E-state index is 0.725. The molecule has 4 rings (SSSR count). The number of hydrogen-bond donors (Lipinski definition) is 1. The molecule has 0 bridgehead atoms. The molecule has 0 amide bonds. The molecule has 4 heterocycles. The van der Waals surface area contributed by atoms with Gasteiger partial charge in [0.25, 0.3) is 0 Å². The van der Waals surface area contributed by atoms with E-state index in [0.717, 1.165) is 54.6 Å². The summed E-state index contributed by atoms with van der Waals surface area (Å²) in [6.45, 7) is 7.47. The molecule has 0 unspecified atom stereocenters. The molecule has 1 aliphatic rings. The van der Waals surface area contributed by atoms with Crippen molar-refractivity contribution in [1.82, 2.24) is 19.5 Å². The van der Waals surface area contributed by atoms with Crippen LogP contribution in [0.1, 0.15) is 31.4 Å². The highest BCUT2D eigenvalue weighted by Crippen LogP contribution is 2.24. The minimum absolute atomic E-state index is 0.725. The van der Waals surface area contributed by atoms with Crippen molar-refractivity contribution in [1.29, 1.82) is 0 Å². The van der Waals surface area contributed by atoms with Gasteiger partial charge in [-0.25, -0.2) is 15.0 Å². The van der Waals surface area contributed by atoms with Gasteiger partial charge in [0.1, 0.15) is 17.2 Å². The Hall–Kier alpha value is -2.63. The number of anilines is 2. The highest BCUT2D eigenvalue weighted by molar-refractivity contribution is 5.77. The molecule has 1 N–H and O–H groups in total. The van der Waals surface area contributed by atoms with Gasteiger partial charge in [0, 0.05) is 38.9 Å². The maximum absolute atomic E-state index is 4.72. The quantitative estimate of drug-likeness (QED) is 0.764. The van der Waals surface area contributed by atoms with Crippen molar-refractivity contribution in [2.75, 3.05) is 23.3 Å². The predicted molar refractivity (Wildman–Crippen MR) is 105 cm³/mol. The van der Waals surface area contributed by atoms with Crippen LogP contribution in [0.3, 0.4) is 0 Å². The third-order valence-electron chi connectivity index (χ3n) is 5.27. The average Bonchev–Trinajstić information content (AvgIpc) is 3.26. The SMILES string of the molecule is CCc1cc(N2CC[C@H](C)C2)ncc1CNc1cc2c(cn1)ncn2C. The maximum atomic E-state index is 4.72. The van der Waals surface area contributed by atoms with Gasteiger partial charge >= 0.3 is 0 Å². The Kier molecular flexibility index (Phi) is 4.49. The van der Waals surface area contributed by atoms with Gasteiger partial charge in [-0.2, -0.15) is 0 Å². The van der Waals surface area contributed by atoms with Crippen LogP contribution in [-0.4, -0.2) is 32.6 Å². The van der Waals surface area contributed by atoms with Crippen molar-refractivity contribution < 1.29 is 0 Å². The van der Waals surface area contributed by atoms with E-state index in [1.165, 1.54) is 17.5 Å². The fourth-order valence-electron chi connectivity index (χ4n) is 3.63. The number of hydrogen-bond acceptors (Lipinski definition) is 5. The third kappa shape index (κ3) is 3.23. The van der Waals surface area contributed by atoms with Crippen molar-refractivity contribution in [3.63, 3.8) is 0 Å². The van der Waals surface area contributed by atoms with Gasteiger partial charge in [-0.15, -0.1) is 0 Å². The number of fused-ring (bicyclic) bond motifs is 1. The fourth-order valence-corrected chi connectivity index (χ4v) is 3.63. The van der Waals surface area contributed by atoms with Crippen LogP contribution in [0.5, 0.6) is 0 Å². The first-order valence-electron chi connectivity index (χ1n) is 9.37. The maximum Gasteiger partial charge on any atom is 0.128 e. The van der Waals surface area contributed by atoms with E-state index in [4.69, 9.17) is 4.98 Å². The summed E-state index contributed by atoms with van der Waals surface area (Å²) in [5, 5.41) is 3.44. The van der Waals surface area contributed by atoms with E-state index < -0.39 is 0 Å². The van der Waals surface area contributed by atoms with Gasteiger partial charge in [0.15, 0.2) is 0 Å². The van der Waals surface area contributed by atoms with E-state index in [1.54, 1.807) is 0 Å². The lowest BCUT2D eigenvalue weighted by Gasteiger charge is -2.19. The van der Waals surface area contributed by atoms with E-state index in [0.29, 0.717) is 0 Å². The molecule has 1 atom stereocenters. The van der Waals surface area contributed by atoms with E-state index in [9.17, 15) is 0 Å². The summed E-state index contributed by atoms with van der Waals surface area (Å²) < 4.78 is 2.01. The van der Waals surface area contributed by atoms with E-state index >= 15 is 0 Å². The molecule has 0 radical (unpaired) electrons. The first-order chi connectivity index (χ1) is 12.6. The summed E-state index contributed by atoms with van der Waals surface area (Å²) in [4.78, 5) is 15.9. The Balaban J connectivity index is 1.50. The molecule has 1 fully saturated rings. The second kappa shape index (κ2) is 6.94. The van der Waals surface area contributed by atoms with Gasteiger partial charge < -0.3 is 14.8 Å². The van der Waals surface area contributed by atoms with E-state index in [2.05, 4.69) is 40.1 Å². The van der Waals surface area contributed by atoms with Crippen LogP contribution in [0.25, 0.3) is 11.0 Å². The van der Waals surface area contributed by atoms with Gasteiger partial charge in [-0.3, -0.25) is 0 Å². The Labute approximate surface area is 154 Å². The lowest BCUT2D eigenvalue weighted by molar-refractivity contribution is 0.659. The molecule has 6 heteroatoms. The first-order valence-corrected chi connectivity index (χ1v) is 9.37. The summed E-state index contributed by atoms with van der Waals surface area (Å²) in [7, 11) is 2.00. The molecule has 0 saturated carbocycles. The number of pyridine rings is 2. The Morgan fingerprint density at radius 2 is 2.04 bits per heavy atom. The zero-order valence-electron chi connectivity index (χ0n) is 15.7. The van der Waals surface area contributed by atoms with Crippen molar-refractivity contribution in [2.45, 2.75) is 33.2 Å². The van der Waals surface area contributed by atoms with E-state index in [1.807, 2.05) is 36.4 Å². The second-order valence-electron chi connectivity index (χ2n) is 7.27. The van der Waals surface area contributed by atoms with E-state index in [-0.39, 0.29) is 0 Å². The van der Waals surface area contributed by atoms with Crippen LogP contribution in [0.2, 0.25) is 0 Å². The standard InChI is InChI=1S/C20H26N6/c1-4-15-7-20(26-6-5-14(2)12-26)23-10-16(15)9-21-19-8-18-17(11-22-19)24-13-25(18)3/h7-8,10-11,13-14H,4-6,9,12H2,1-3H3,(H,21,22)/t14-/m0/s1. The molecule has 1 saturated heterocycles. The zero-order valence-corrected chi connectivity index (χ0v) is 15.7. The van der Waals surface area contributed by atoms with Gasteiger partial charge in [-0.05, 0) is 36.0 Å². The summed E-state index contributed by atoms with van der Waals surface area (Å²) in [5.41, 5.74) is 4.58. The molecule has 3 aromatic heterocycles. The predicted octanol–water partition coefficient (Wildman–Crippen LogP) is 3.38. The third-order valence-corrected chi connectivity index (χ3v) is 5.27. The Morgan fingerprint density at radius 1 is 1.15 bits per heavy atom. The summed E-state index contributed by atoms with van der Waals surface area (Å²) >= 11 is 0. The highest BCUT2D eigenvalue weighted by Gasteiger charge is 2.20. The summed E-state index contributed by atoms with van der Waals surface area (Å²) in [6, 6.07) is 4.30. The van der Waals surface area contributed by atoms with Crippen LogP contribution < -0.4 is 10.2 Å². The summed E-state index contributed by atoms with van der Waals surface area (Å²) in [5.74, 6) is 2.74. The lowest BCUT2D eigenvalue weighted by Crippen LogP contribution is -2.20. The average molecular weight is 350 g/mol. The molecule has 0 aliphatic carbocycles.